The highest BCUT2D eigenvalue weighted by atomic mass is 16.7. The van der Waals surface area contributed by atoms with Crippen LogP contribution in [0, 0.1) is 0 Å². The summed E-state index contributed by atoms with van der Waals surface area (Å²) >= 11 is 0. The normalized spacial score (nSPS) is 39.9. The third kappa shape index (κ3) is 7.33. The van der Waals surface area contributed by atoms with Crippen LogP contribution in [0.15, 0.2) is 0 Å². The first kappa shape index (κ1) is 25.9. The fourth-order valence-corrected chi connectivity index (χ4v) is 3.63. The van der Waals surface area contributed by atoms with Gasteiger partial charge in [0.25, 0.3) is 0 Å². The summed E-state index contributed by atoms with van der Waals surface area (Å²) in [5.74, 6) is 0. The Morgan fingerprint density at radius 3 is 2.13 bits per heavy atom. The zero-order chi connectivity index (χ0) is 22.1. The first-order chi connectivity index (χ1) is 14.4. The van der Waals surface area contributed by atoms with E-state index < -0.39 is 55.3 Å². The molecule has 2 aliphatic rings. The molecule has 0 aromatic heterocycles. The van der Waals surface area contributed by atoms with Crippen LogP contribution in [0.25, 0.3) is 0 Å². The van der Waals surface area contributed by atoms with Crippen molar-refractivity contribution in [2.75, 3.05) is 19.8 Å². The third-order valence-electron chi connectivity index (χ3n) is 5.58. The minimum absolute atomic E-state index is 0.0688. The summed E-state index contributed by atoms with van der Waals surface area (Å²) in [4.78, 5) is 0. The molecule has 2 fully saturated rings. The second-order valence-corrected chi connectivity index (χ2v) is 8.09. The molecular weight excluding hydrogens is 400 g/mol. The standard InChI is InChI=1S/C20H38O10/c1-2-3-4-5-6-7-8-27-20-18(26)17(25)16(24)14(30-20)11-28-19-15(23)13(22)9-12(10-21)29-19/h12-26H,2-11H2,1H3/t12-,13-,14+,15-,16+,17-,18-,19-,20-/m0/s1. The van der Waals surface area contributed by atoms with Crippen molar-refractivity contribution in [2.24, 2.45) is 0 Å². The van der Waals surface area contributed by atoms with Crippen LogP contribution in [-0.2, 0) is 18.9 Å². The number of hydrogen-bond donors (Lipinski definition) is 6. The smallest absolute Gasteiger partial charge is 0.186 e. The second-order valence-electron chi connectivity index (χ2n) is 8.09. The van der Waals surface area contributed by atoms with Crippen molar-refractivity contribution in [2.45, 2.75) is 107 Å². The first-order valence-electron chi connectivity index (χ1n) is 10.9. The molecule has 2 saturated heterocycles. The number of unbranched alkanes of at least 4 members (excludes halogenated alkanes) is 5. The van der Waals surface area contributed by atoms with Crippen molar-refractivity contribution in [3.8, 4) is 0 Å². The molecule has 178 valence electrons. The molecule has 2 aliphatic heterocycles. The van der Waals surface area contributed by atoms with E-state index in [4.69, 9.17) is 18.9 Å². The Hall–Kier alpha value is -0.400. The van der Waals surface area contributed by atoms with Gasteiger partial charge < -0.3 is 49.6 Å². The quantitative estimate of drug-likeness (QED) is 0.209. The average Bonchev–Trinajstić information content (AvgIpc) is 2.74. The number of hydrogen-bond acceptors (Lipinski definition) is 10. The molecule has 10 heteroatoms. The number of rotatable bonds is 12. The van der Waals surface area contributed by atoms with E-state index in [0.29, 0.717) is 6.61 Å². The van der Waals surface area contributed by atoms with Gasteiger partial charge in [-0.3, -0.25) is 0 Å². The van der Waals surface area contributed by atoms with Gasteiger partial charge in [-0.15, -0.1) is 0 Å². The van der Waals surface area contributed by atoms with Gasteiger partial charge in [0.15, 0.2) is 12.6 Å². The molecule has 10 nitrogen and oxygen atoms in total. The Labute approximate surface area is 177 Å². The van der Waals surface area contributed by atoms with E-state index in [1.807, 2.05) is 0 Å². The summed E-state index contributed by atoms with van der Waals surface area (Å²) < 4.78 is 22.0. The van der Waals surface area contributed by atoms with E-state index in [-0.39, 0.29) is 19.6 Å². The largest absolute Gasteiger partial charge is 0.394 e. The Kier molecular flexibility index (Phi) is 11.4. The molecule has 0 bridgehead atoms. The van der Waals surface area contributed by atoms with Crippen LogP contribution in [0.3, 0.4) is 0 Å². The molecule has 6 N–H and O–H groups in total. The maximum absolute atomic E-state index is 10.2. The Morgan fingerprint density at radius 1 is 0.767 bits per heavy atom. The third-order valence-corrected chi connectivity index (χ3v) is 5.58. The molecule has 2 rings (SSSR count). The monoisotopic (exact) mass is 438 g/mol. The topological polar surface area (TPSA) is 158 Å². The van der Waals surface area contributed by atoms with Crippen LogP contribution < -0.4 is 0 Å². The predicted octanol–water partition coefficient (Wildman–Crippen LogP) is -0.983. The lowest BCUT2D eigenvalue weighted by Gasteiger charge is -2.41. The van der Waals surface area contributed by atoms with E-state index in [0.717, 1.165) is 19.3 Å². The maximum atomic E-state index is 10.2. The lowest BCUT2D eigenvalue weighted by Crippen LogP contribution is -2.60. The zero-order valence-electron chi connectivity index (χ0n) is 17.6. The first-order valence-corrected chi connectivity index (χ1v) is 10.9. The molecule has 0 aromatic carbocycles. The van der Waals surface area contributed by atoms with Gasteiger partial charge in [-0.05, 0) is 6.42 Å². The molecule has 0 unspecified atom stereocenters. The predicted molar refractivity (Wildman–Crippen MR) is 104 cm³/mol. The minimum atomic E-state index is -1.49. The highest BCUT2D eigenvalue weighted by Crippen LogP contribution is 2.25. The summed E-state index contributed by atoms with van der Waals surface area (Å²) in [6.45, 7) is 1.87. The van der Waals surface area contributed by atoms with Crippen molar-refractivity contribution in [3.63, 3.8) is 0 Å². The van der Waals surface area contributed by atoms with Gasteiger partial charge in [-0.1, -0.05) is 39.0 Å². The molecule has 0 aromatic rings. The summed E-state index contributed by atoms with van der Waals surface area (Å²) in [6, 6.07) is 0. The Morgan fingerprint density at radius 2 is 1.43 bits per heavy atom. The van der Waals surface area contributed by atoms with Crippen molar-refractivity contribution in [1.29, 1.82) is 0 Å². The number of aliphatic hydroxyl groups is 6. The fourth-order valence-electron chi connectivity index (χ4n) is 3.63. The van der Waals surface area contributed by atoms with Crippen LogP contribution >= 0.6 is 0 Å². The van der Waals surface area contributed by atoms with Gasteiger partial charge in [0, 0.05) is 13.0 Å². The SMILES string of the molecule is CCCCCCCCO[C@H]1O[C@H](CO[C@H]2O[C@H](CO)C[C@H](O)[C@@H]2O)[C@@H](O)[C@H](O)[C@@H]1O. The van der Waals surface area contributed by atoms with E-state index in [2.05, 4.69) is 6.92 Å². The summed E-state index contributed by atoms with van der Waals surface area (Å²) in [6.07, 6.45) is -4.38. The molecule has 0 spiro atoms. The van der Waals surface area contributed by atoms with Crippen molar-refractivity contribution in [3.05, 3.63) is 0 Å². The molecule has 0 saturated carbocycles. The molecule has 2 heterocycles. The highest BCUT2D eigenvalue weighted by Gasteiger charge is 2.45. The fraction of sp³-hybridized carbons (Fsp3) is 1.00. The molecule has 0 radical (unpaired) electrons. The van der Waals surface area contributed by atoms with Crippen molar-refractivity contribution >= 4 is 0 Å². The molecule has 30 heavy (non-hydrogen) atoms. The van der Waals surface area contributed by atoms with E-state index in [1.165, 1.54) is 19.3 Å². The number of aliphatic hydroxyl groups excluding tert-OH is 6. The minimum Gasteiger partial charge on any atom is -0.394 e. The Bertz CT molecular complexity index is 467. The van der Waals surface area contributed by atoms with Crippen LogP contribution in [0.5, 0.6) is 0 Å². The second kappa shape index (κ2) is 13.2. The zero-order valence-corrected chi connectivity index (χ0v) is 17.6. The molecule has 0 aliphatic carbocycles. The lowest BCUT2D eigenvalue weighted by atomic mass is 9.99. The van der Waals surface area contributed by atoms with E-state index in [9.17, 15) is 30.6 Å². The van der Waals surface area contributed by atoms with E-state index >= 15 is 0 Å². The molecule has 9 atom stereocenters. The maximum Gasteiger partial charge on any atom is 0.186 e. The summed E-state index contributed by atoms with van der Waals surface area (Å²) in [7, 11) is 0. The average molecular weight is 439 g/mol. The highest BCUT2D eigenvalue weighted by molar-refractivity contribution is 4.90. The van der Waals surface area contributed by atoms with Gasteiger partial charge in [0.1, 0.15) is 30.5 Å². The van der Waals surface area contributed by atoms with Gasteiger partial charge in [0.2, 0.25) is 0 Å². The van der Waals surface area contributed by atoms with Gasteiger partial charge in [-0.2, -0.15) is 0 Å². The van der Waals surface area contributed by atoms with Gasteiger partial charge in [0.05, 0.1) is 25.4 Å². The van der Waals surface area contributed by atoms with Crippen LogP contribution in [-0.4, -0.2) is 106 Å². The Balaban J connectivity index is 1.80. The van der Waals surface area contributed by atoms with Crippen molar-refractivity contribution < 1.29 is 49.6 Å². The molecular formula is C20H38O10. The summed E-state index contributed by atoms with van der Waals surface area (Å²) in [5, 5.41) is 59.5. The van der Waals surface area contributed by atoms with Gasteiger partial charge >= 0.3 is 0 Å². The lowest BCUT2D eigenvalue weighted by molar-refractivity contribution is -0.322. The van der Waals surface area contributed by atoms with Crippen molar-refractivity contribution in [1.82, 2.24) is 0 Å². The van der Waals surface area contributed by atoms with Gasteiger partial charge in [-0.25, -0.2) is 0 Å². The number of ether oxygens (including phenoxy) is 4. The summed E-state index contributed by atoms with van der Waals surface area (Å²) in [5.41, 5.74) is 0. The van der Waals surface area contributed by atoms with E-state index in [1.54, 1.807) is 0 Å². The van der Waals surface area contributed by atoms with Crippen LogP contribution in [0.1, 0.15) is 51.9 Å². The van der Waals surface area contributed by atoms with Crippen LogP contribution in [0.4, 0.5) is 0 Å². The van der Waals surface area contributed by atoms with Crippen LogP contribution in [0.2, 0.25) is 0 Å². The molecule has 0 amide bonds.